The largest absolute Gasteiger partial charge is 0.473 e. The molecule has 0 saturated carbocycles. The second kappa shape index (κ2) is 6.35. The number of nitrogens with zero attached hydrogens (tertiary/aromatic N) is 4. The third kappa shape index (κ3) is 2.97. The van der Waals surface area contributed by atoms with Crippen LogP contribution in [0.1, 0.15) is 28.9 Å². The predicted octanol–water partition coefficient (Wildman–Crippen LogP) is 3.31. The Morgan fingerprint density at radius 3 is 2.83 bits per heavy atom. The Balaban J connectivity index is 1.65. The lowest BCUT2D eigenvalue weighted by Crippen LogP contribution is -2.02. The molecule has 0 amide bonds. The first-order chi connectivity index (χ1) is 11.8. The van der Waals surface area contributed by atoms with Crippen LogP contribution in [0.25, 0.3) is 11.1 Å². The summed E-state index contributed by atoms with van der Waals surface area (Å²) in [5.41, 5.74) is 6.67. The van der Waals surface area contributed by atoms with Crippen LogP contribution in [-0.4, -0.2) is 19.9 Å². The van der Waals surface area contributed by atoms with Gasteiger partial charge in [-0.25, -0.2) is 15.0 Å². The van der Waals surface area contributed by atoms with Crippen LogP contribution in [0, 0.1) is 6.92 Å². The van der Waals surface area contributed by atoms with Gasteiger partial charge in [0.05, 0.1) is 0 Å². The monoisotopic (exact) mass is 318 g/mol. The summed E-state index contributed by atoms with van der Waals surface area (Å²) in [5, 5.41) is 0. The Kier molecular flexibility index (Phi) is 3.91. The Bertz CT molecular complexity index is 864. The summed E-state index contributed by atoms with van der Waals surface area (Å²) in [6.07, 6.45) is 10.2. The van der Waals surface area contributed by atoms with Gasteiger partial charge in [-0.1, -0.05) is 0 Å². The van der Waals surface area contributed by atoms with Gasteiger partial charge in [0.25, 0.3) is 0 Å². The zero-order valence-electron chi connectivity index (χ0n) is 13.6. The molecule has 0 spiro atoms. The van der Waals surface area contributed by atoms with Gasteiger partial charge in [-0.2, -0.15) is 0 Å². The molecule has 4 rings (SSSR count). The van der Waals surface area contributed by atoms with Crippen molar-refractivity contribution >= 4 is 0 Å². The van der Waals surface area contributed by atoms with Crippen LogP contribution in [0.2, 0.25) is 0 Å². The summed E-state index contributed by atoms with van der Waals surface area (Å²) in [7, 11) is 0. The SMILES string of the molecule is Cc1cc(COc2cc(-c3cncnc3)c3c(n2)CCC3)ccn1. The number of hydrogen-bond acceptors (Lipinski definition) is 5. The molecule has 0 fully saturated rings. The van der Waals surface area contributed by atoms with Crippen LogP contribution in [0.5, 0.6) is 5.88 Å². The molecule has 0 bridgehead atoms. The summed E-state index contributed by atoms with van der Waals surface area (Å²) < 4.78 is 5.95. The highest BCUT2D eigenvalue weighted by Gasteiger charge is 2.19. The Morgan fingerprint density at radius 2 is 2.00 bits per heavy atom. The smallest absolute Gasteiger partial charge is 0.214 e. The quantitative estimate of drug-likeness (QED) is 0.738. The fourth-order valence-corrected chi connectivity index (χ4v) is 3.14. The highest BCUT2D eigenvalue weighted by molar-refractivity contribution is 5.68. The molecule has 5 nitrogen and oxygen atoms in total. The Hall–Kier alpha value is -2.82. The first-order valence-corrected chi connectivity index (χ1v) is 8.12. The van der Waals surface area contributed by atoms with E-state index in [0.717, 1.165) is 47.3 Å². The van der Waals surface area contributed by atoms with E-state index < -0.39 is 0 Å². The predicted molar refractivity (Wildman–Crippen MR) is 90.6 cm³/mol. The fourth-order valence-electron chi connectivity index (χ4n) is 3.14. The van der Waals surface area contributed by atoms with Crippen molar-refractivity contribution in [1.82, 2.24) is 19.9 Å². The van der Waals surface area contributed by atoms with E-state index in [9.17, 15) is 0 Å². The standard InChI is InChI=1S/C19H18N4O/c1-13-7-14(5-6-22-13)11-24-19-8-17(15-9-20-12-21-10-15)16-3-2-4-18(16)23-19/h5-10,12H,2-4,11H2,1H3. The molecule has 0 unspecified atom stereocenters. The summed E-state index contributed by atoms with van der Waals surface area (Å²) in [6, 6.07) is 6.00. The normalized spacial score (nSPS) is 12.9. The zero-order valence-corrected chi connectivity index (χ0v) is 13.6. The van der Waals surface area contributed by atoms with E-state index in [-0.39, 0.29) is 0 Å². The number of hydrogen-bond donors (Lipinski definition) is 0. The van der Waals surface area contributed by atoms with Gasteiger partial charge in [0, 0.05) is 41.6 Å². The van der Waals surface area contributed by atoms with E-state index in [1.54, 1.807) is 12.5 Å². The van der Waals surface area contributed by atoms with Crippen LogP contribution in [-0.2, 0) is 19.4 Å². The second-order valence-electron chi connectivity index (χ2n) is 6.01. The molecule has 1 aliphatic rings. The van der Waals surface area contributed by atoms with E-state index in [0.29, 0.717) is 12.5 Å². The number of ether oxygens (including phenoxy) is 1. The summed E-state index contributed by atoms with van der Waals surface area (Å²) in [5.74, 6) is 0.656. The van der Waals surface area contributed by atoms with Gasteiger partial charge >= 0.3 is 0 Å². The zero-order chi connectivity index (χ0) is 16.4. The lowest BCUT2D eigenvalue weighted by Gasteiger charge is -2.12. The van der Waals surface area contributed by atoms with Gasteiger partial charge < -0.3 is 4.74 Å². The highest BCUT2D eigenvalue weighted by atomic mass is 16.5. The maximum Gasteiger partial charge on any atom is 0.214 e. The van der Waals surface area contributed by atoms with Gasteiger partial charge in [0.1, 0.15) is 12.9 Å². The van der Waals surface area contributed by atoms with Crippen molar-refractivity contribution in [2.75, 3.05) is 0 Å². The van der Waals surface area contributed by atoms with Crippen LogP contribution in [0.3, 0.4) is 0 Å². The third-order valence-corrected chi connectivity index (χ3v) is 4.25. The minimum Gasteiger partial charge on any atom is -0.473 e. The second-order valence-corrected chi connectivity index (χ2v) is 6.01. The third-order valence-electron chi connectivity index (χ3n) is 4.25. The van der Waals surface area contributed by atoms with E-state index in [1.165, 1.54) is 5.56 Å². The molecule has 0 atom stereocenters. The molecule has 24 heavy (non-hydrogen) atoms. The van der Waals surface area contributed by atoms with Crippen molar-refractivity contribution in [2.24, 2.45) is 0 Å². The lowest BCUT2D eigenvalue weighted by molar-refractivity contribution is 0.293. The summed E-state index contributed by atoms with van der Waals surface area (Å²) >= 11 is 0. The maximum absolute atomic E-state index is 5.95. The molecule has 120 valence electrons. The van der Waals surface area contributed by atoms with Gasteiger partial charge in [-0.3, -0.25) is 4.98 Å². The fraction of sp³-hybridized carbons (Fsp3) is 0.263. The number of pyridine rings is 2. The molecule has 5 heteroatoms. The molecule has 0 aliphatic heterocycles. The lowest BCUT2D eigenvalue weighted by atomic mass is 10.0. The Morgan fingerprint density at radius 1 is 1.12 bits per heavy atom. The number of rotatable bonds is 4. The van der Waals surface area contributed by atoms with E-state index in [1.807, 2.05) is 37.5 Å². The van der Waals surface area contributed by atoms with Crippen molar-refractivity contribution in [2.45, 2.75) is 32.8 Å². The van der Waals surface area contributed by atoms with Crippen LogP contribution < -0.4 is 4.74 Å². The average molecular weight is 318 g/mol. The van der Waals surface area contributed by atoms with E-state index in [2.05, 4.69) is 15.0 Å². The molecule has 0 saturated heterocycles. The summed E-state index contributed by atoms with van der Waals surface area (Å²) in [4.78, 5) is 17.2. The van der Waals surface area contributed by atoms with Gasteiger partial charge in [-0.05, 0) is 55.0 Å². The number of aryl methyl sites for hydroxylation is 2. The molecule has 3 heterocycles. The van der Waals surface area contributed by atoms with E-state index in [4.69, 9.17) is 9.72 Å². The first kappa shape index (κ1) is 14.8. The van der Waals surface area contributed by atoms with Crippen LogP contribution >= 0.6 is 0 Å². The molecule has 0 N–H and O–H groups in total. The summed E-state index contributed by atoms with van der Waals surface area (Å²) in [6.45, 7) is 2.46. The minimum absolute atomic E-state index is 0.486. The molecular formula is C19H18N4O. The van der Waals surface area contributed by atoms with Crippen molar-refractivity contribution in [3.63, 3.8) is 0 Å². The maximum atomic E-state index is 5.95. The molecular weight excluding hydrogens is 300 g/mol. The van der Waals surface area contributed by atoms with Gasteiger partial charge in [0.2, 0.25) is 5.88 Å². The Labute approximate surface area is 140 Å². The van der Waals surface area contributed by atoms with Crippen molar-refractivity contribution in [3.8, 4) is 17.0 Å². The first-order valence-electron chi connectivity index (χ1n) is 8.12. The van der Waals surface area contributed by atoms with Crippen molar-refractivity contribution < 1.29 is 4.74 Å². The number of fused-ring (bicyclic) bond motifs is 1. The van der Waals surface area contributed by atoms with Crippen LogP contribution in [0.15, 0.2) is 43.1 Å². The average Bonchev–Trinajstić information content (AvgIpc) is 3.08. The highest BCUT2D eigenvalue weighted by Crippen LogP contribution is 2.33. The topological polar surface area (TPSA) is 60.8 Å². The van der Waals surface area contributed by atoms with E-state index >= 15 is 0 Å². The molecule has 3 aromatic heterocycles. The van der Waals surface area contributed by atoms with Crippen molar-refractivity contribution in [3.05, 3.63) is 65.6 Å². The van der Waals surface area contributed by atoms with Gasteiger partial charge in [0.15, 0.2) is 0 Å². The van der Waals surface area contributed by atoms with Crippen LogP contribution in [0.4, 0.5) is 0 Å². The molecule has 0 aromatic carbocycles. The molecule has 3 aromatic rings. The van der Waals surface area contributed by atoms with Gasteiger partial charge in [-0.15, -0.1) is 0 Å². The number of aromatic nitrogens is 4. The van der Waals surface area contributed by atoms with Crippen molar-refractivity contribution in [1.29, 1.82) is 0 Å². The molecule has 1 aliphatic carbocycles. The molecule has 0 radical (unpaired) electrons. The minimum atomic E-state index is 0.486.